The highest BCUT2D eigenvalue weighted by atomic mass is 16.6. The van der Waals surface area contributed by atoms with Gasteiger partial charge in [0.15, 0.2) is 6.61 Å². The van der Waals surface area contributed by atoms with Crippen LogP contribution in [0.25, 0.3) is 10.8 Å². The molecule has 3 aromatic rings. The molecule has 5 heteroatoms. The van der Waals surface area contributed by atoms with E-state index in [0.717, 1.165) is 10.8 Å². The fourth-order valence-electron chi connectivity index (χ4n) is 2.48. The standard InChI is InChI=1S/C22H21NO4/c1-15(2)22(25)23-18-8-5-9-19(13-18)26-14-21(24)27-20-11-10-16-6-3-4-7-17(16)12-20/h3-13,15H,14H2,1-2H3,(H,23,25). The lowest BCUT2D eigenvalue weighted by atomic mass is 10.1. The summed E-state index contributed by atoms with van der Waals surface area (Å²) in [6, 6.07) is 20.2. The first-order chi connectivity index (χ1) is 13.0. The molecule has 27 heavy (non-hydrogen) atoms. The van der Waals surface area contributed by atoms with Crippen molar-refractivity contribution < 1.29 is 19.1 Å². The second-order valence-corrected chi connectivity index (χ2v) is 6.44. The van der Waals surface area contributed by atoms with E-state index in [1.54, 1.807) is 30.3 Å². The summed E-state index contributed by atoms with van der Waals surface area (Å²) in [7, 11) is 0. The molecule has 1 N–H and O–H groups in total. The van der Waals surface area contributed by atoms with E-state index in [-0.39, 0.29) is 18.4 Å². The van der Waals surface area contributed by atoms with Gasteiger partial charge in [-0.3, -0.25) is 4.79 Å². The zero-order chi connectivity index (χ0) is 19.2. The Morgan fingerprint density at radius 1 is 0.889 bits per heavy atom. The molecule has 1 amide bonds. The molecule has 0 atom stereocenters. The van der Waals surface area contributed by atoms with Crippen LogP contribution in [0.1, 0.15) is 13.8 Å². The van der Waals surface area contributed by atoms with Crippen LogP contribution in [0.2, 0.25) is 0 Å². The van der Waals surface area contributed by atoms with Crippen LogP contribution >= 0.6 is 0 Å². The van der Waals surface area contributed by atoms with Gasteiger partial charge < -0.3 is 14.8 Å². The van der Waals surface area contributed by atoms with E-state index >= 15 is 0 Å². The number of esters is 1. The number of carbonyl (C=O) groups excluding carboxylic acids is 2. The first kappa shape index (κ1) is 18.5. The van der Waals surface area contributed by atoms with Crippen molar-refractivity contribution in [2.45, 2.75) is 13.8 Å². The minimum atomic E-state index is -0.498. The summed E-state index contributed by atoms with van der Waals surface area (Å²) in [5.41, 5.74) is 0.620. The lowest BCUT2D eigenvalue weighted by molar-refractivity contribution is -0.136. The van der Waals surface area contributed by atoms with Crippen molar-refractivity contribution in [2.75, 3.05) is 11.9 Å². The van der Waals surface area contributed by atoms with Gasteiger partial charge in [0.25, 0.3) is 0 Å². The molecule has 0 unspecified atom stereocenters. The van der Waals surface area contributed by atoms with Crippen LogP contribution in [0.5, 0.6) is 11.5 Å². The third-order valence-electron chi connectivity index (χ3n) is 3.94. The maximum atomic E-state index is 12.1. The fraction of sp³-hybridized carbons (Fsp3) is 0.182. The van der Waals surface area contributed by atoms with Crippen molar-refractivity contribution in [1.82, 2.24) is 0 Å². The molecular weight excluding hydrogens is 342 g/mol. The molecule has 0 radical (unpaired) electrons. The monoisotopic (exact) mass is 363 g/mol. The van der Waals surface area contributed by atoms with Crippen LogP contribution in [-0.2, 0) is 9.59 Å². The van der Waals surface area contributed by atoms with Gasteiger partial charge in [-0.05, 0) is 35.0 Å². The summed E-state index contributed by atoms with van der Waals surface area (Å²) in [6.45, 7) is 3.41. The quantitative estimate of drug-likeness (QED) is 0.520. The van der Waals surface area contributed by atoms with Crippen molar-refractivity contribution in [2.24, 2.45) is 5.92 Å². The number of carbonyl (C=O) groups is 2. The first-order valence-electron chi connectivity index (χ1n) is 8.74. The molecule has 0 fully saturated rings. The summed E-state index contributed by atoms with van der Waals surface area (Å²) < 4.78 is 10.8. The minimum absolute atomic E-state index is 0.0807. The molecule has 0 aliphatic carbocycles. The molecule has 0 aromatic heterocycles. The van der Waals surface area contributed by atoms with Gasteiger partial charge >= 0.3 is 5.97 Å². The molecular formula is C22H21NO4. The number of anilines is 1. The Morgan fingerprint density at radius 3 is 2.44 bits per heavy atom. The highest BCUT2D eigenvalue weighted by molar-refractivity contribution is 5.92. The second-order valence-electron chi connectivity index (χ2n) is 6.44. The van der Waals surface area contributed by atoms with Crippen molar-refractivity contribution in [3.05, 3.63) is 66.7 Å². The van der Waals surface area contributed by atoms with Crippen molar-refractivity contribution in [3.63, 3.8) is 0 Å². The van der Waals surface area contributed by atoms with Gasteiger partial charge in [0, 0.05) is 17.7 Å². The molecule has 0 saturated carbocycles. The average Bonchev–Trinajstić information content (AvgIpc) is 2.66. The van der Waals surface area contributed by atoms with Gasteiger partial charge in [0.05, 0.1) is 0 Å². The number of benzene rings is 3. The Hall–Kier alpha value is -3.34. The third-order valence-corrected chi connectivity index (χ3v) is 3.94. The maximum Gasteiger partial charge on any atom is 0.349 e. The molecule has 0 aliphatic heterocycles. The topological polar surface area (TPSA) is 64.6 Å². The van der Waals surface area contributed by atoms with Crippen molar-refractivity contribution in [1.29, 1.82) is 0 Å². The summed E-state index contributed by atoms with van der Waals surface area (Å²) >= 11 is 0. The summed E-state index contributed by atoms with van der Waals surface area (Å²) in [5.74, 6) is 0.253. The maximum absolute atomic E-state index is 12.1. The molecule has 0 heterocycles. The molecule has 0 spiro atoms. The van der Waals surface area contributed by atoms with E-state index in [0.29, 0.717) is 17.2 Å². The molecule has 5 nitrogen and oxygen atoms in total. The number of ether oxygens (including phenoxy) is 2. The number of hydrogen-bond donors (Lipinski definition) is 1. The van der Waals surface area contributed by atoms with E-state index in [1.165, 1.54) is 0 Å². The van der Waals surface area contributed by atoms with E-state index in [4.69, 9.17) is 9.47 Å². The number of fused-ring (bicyclic) bond motifs is 1. The SMILES string of the molecule is CC(C)C(=O)Nc1cccc(OCC(=O)Oc2ccc3ccccc3c2)c1. The Kier molecular flexibility index (Phi) is 5.71. The largest absolute Gasteiger partial charge is 0.482 e. The number of amides is 1. The Bertz CT molecular complexity index is 965. The Labute approximate surface area is 157 Å². The van der Waals surface area contributed by atoms with E-state index in [2.05, 4.69) is 5.32 Å². The predicted molar refractivity (Wildman–Crippen MR) is 105 cm³/mol. The fourth-order valence-corrected chi connectivity index (χ4v) is 2.48. The normalized spacial score (nSPS) is 10.6. The zero-order valence-corrected chi connectivity index (χ0v) is 15.3. The van der Waals surface area contributed by atoms with E-state index in [9.17, 15) is 9.59 Å². The molecule has 0 bridgehead atoms. The van der Waals surface area contributed by atoms with Gasteiger partial charge in [-0.1, -0.05) is 50.2 Å². The average molecular weight is 363 g/mol. The summed E-state index contributed by atoms with van der Waals surface area (Å²) in [6.07, 6.45) is 0. The van der Waals surface area contributed by atoms with Crippen LogP contribution < -0.4 is 14.8 Å². The predicted octanol–water partition coefficient (Wildman–Crippen LogP) is 4.42. The summed E-state index contributed by atoms with van der Waals surface area (Å²) in [5, 5.41) is 4.87. The number of nitrogens with one attached hydrogen (secondary N) is 1. The van der Waals surface area contributed by atoms with Gasteiger partial charge in [-0.15, -0.1) is 0 Å². The molecule has 3 rings (SSSR count). The lowest BCUT2D eigenvalue weighted by Gasteiger charge is -2.10. The van der Waals surface area contributed by atoms with Crippen LogP contribution in [-0.4, -0.2) is 18.5 Å². The molecule has 0 aliphatic rings. The first-order valence-corrected chi connectivity index (χ1v) is 8.74. The van der Waals surface area contributed by atoms with Gasteiger partial charge in [0.2, 0.25) is 5.91 Å². The number of hydrogen-bond acceptors (Lipinski definition) is 4. The molecule has 3 aromatic carbocycles. The third kappa shape index (κ3) is 5.07. The van der Waals surface area contributed by atoms with Crippen LogP contribution in [0.3, 0.4) is 0 Å². The highest BCUT2D eigenvalue weighted by Gasteiger charge is 2.09. The smallest absolute Gasteiger partial charge is 0.349 e. The van der Waals surface area contributed by atoms with E-state index < -0.39 is 5.97 Å². The van der Waals surface area contributed by atoms with Crippen LogP contribution in [0.4, 0.5) is 5.69 Å². The second kappa shape index (κ2) is 8.36. The minimum Gasteiger partial charge on any atom is -0.482 e. The summed E-state index contributed by atoms with van der Waals surface area (Å²) in [4.78, 5) is 23.8. The van der Waals surface area contributed by atoms with Crippen molar-refractivity contribution in [3.8, 4) is 11.5 Å². The van der Waals surface area contributed by atoms with Crippen molar-refractivity contribution >= 4 is 28.3 Å². The van der Waals surface area contributed by atoms with Crippen LogP contribution in [0.15, 0.2) is 66.7 Å². The lowest BCUT2D eigenvalue weighted by Crippen LogP contribution is -2.19. The zero-order valence-electron chi connectivity index (χ0n) is 15.3. The molecule has 0 saturated heterocycles. The Balaban J connectivity index is 1.57. The highest BCUT2D eigenvalue weighted by Crippen LogP contribution is 2.21. The van der Waals surface area contributed by atoms with Gasteiger partial charge in [-0.25, -0.2) is 4.79 Å². The van der Waals surface area contributed by atoms with E-state index in [1.807, 2.05) is 50.2 Å². The van der Waals surface area contributed by atoms with Gasteiger partial charge in [-0.2, -0.15) is 0 Å². The Morgan fingerprint density at radius 2 is 1.67 bits per heavy atom. The van der Waals surface area contributed by atoms with Crippen LogP contribution in [0, 0.1) is 5.92 Å². The molecule has 138 valence electrons. The number of rotatable bonds is 6. The van der Waals surface area contributed by atoms with Gasteiger partial charge in [0.1, 0.15) is 11.5 Å².